The Kier molecular flexibility index (Phi) is 103. The Morgan fingerprint density at radius 1 is 0.172 bits per heavy atom. The average molecular weight is 2170 g/mol. The Morgan fingerprint density at radius 2 is 0.331 bits per heavy atom. The van der Waals surface area contributed by atoms with Gasteiger partial charge in [-0.25, -0.2) is 0 Å². The first-order valence-electron chi connectivity index (χ1n) is 57.2. The highest BCUT2D eigenvalue weighted by Crippen LogP contribution is 2.23. The molecule has 0 heterocycles. The topological polar surface area (TPSA) is 311 Å². The molecule has 0 saturated heterocycles. The number of carbonyl (C=O) groups is 11. The second-order valence-corrected chi connectivity index (χ2v) is 46.0. The molecule has 0 aromatic carbocycles. The monoisotopic (exact) mass is 2170 g/mol. The van der Waals surface area contributed by atoms with Gasteiger partial charge in [-0.2, -0.15) is 70.6 Å². The lowest BCUT2D eigenvalue weighted by Crippen LogP contribution is -2.35. The molecule has 33 heteroatoms. The van der Waals surface area contributed by atoms with Crippen LogP contribution < -0.4 is 0 Å². The van der Waals surface area contributed by atoms with Crippen molar-refractivity contribution < 1.29 is 110 Å². The van der Waals surface area contributed by atoms with Gasteiger partial charge in [0.05, 0.1) is 74.2 Å². The van der Waals surface area contributed by atoms with Gasteiger partial charge in [-0.15, -0.1) is 0 Å². The van der Waals surface area contributed by atoms with Gasteiger partial charge in [0.2, 0.25) is 0 Å². The third-order valence-corrected chi connectivity index (χ3v) is 32.8. The first-order chi connectivity index (χ1) is 70.4. The Balaban J connectivity index is 7.07. The average Bonchev–Trinajstić information content (AvgIpc) is 0.945. The molecule has 0 fully saturated rings. The fourth-order valence-corrected chi connectivity index (χ4v) is 22.0. The molecule has 0 N–H and O–H groups in total. The fourth-order valence-electron chi connectivity index (χ4n) is 15.6. The van der Waals surface area contributed by atoms with Crippen LogP contribution in [0, 0.1) is 35.5 Å². The normalized spacial score (nSPS) is 12.8. The maximum Gasteiger partial charge on any atom is 0.309 e. The van der Waals surface area contributed by atoms with Crippen LogP contribution in [0.1, 0.15) is 378 Å². The molecule has 0 saturated carbocycles. The minimum Gasteiger partial charge on any atom is -0.463 e. The Labute approximate surface area is 906 Å². The Bertz CT molecular complexity index is 3050. The number of ether oxygens (including phenoxy) is 12. The number of esters is 11. The number of hydrogen-bond donors (Lipinski definition) is 0. The molecule has 0 spiro atoms. The molecule has 0 aromatic heterocycles. The van der Waals surface area contributed by atoms with Crippen LogP contribution in [0.2, 0.25) is 0 Å². The fraction of sp³-hybridized carbons (Fsp3) is 0.902. The molecule has 850 valence electrons. The predicted octanol–water partition coefficient (Wildman–Crippen LogP) is 23.5. The van der Waals surface area contributed by atoms with Crippen molar-refractivity contribution in [2.24, 2.45) is 35.5 Å². The number of carbonyl (C=O) groups excluding carboxylic acids is 11. The molecular formula is C112H208N4O23S6. The quantitative estimate of drug-likeness (QED) is 0.0310. The standard InChI is InChI=1S/C112H208N4O23S6/c1-13-19-25-31-37-45-84-140-90-96(7)107(122)134-73-72-128-71-53-65-115(68-56-104(119)131-76-81-137-110(125)99(10)93-143-87-48-40-34-28-22-16-4)63-51-61-113(66-54-102(117)129-74-79-135-108(123)97(8)91-141-85-46-38-32-26-20-14-2)59-43-44-60-114(67-55-103(118)130-75-80-136-109(124)98(9)92-142-86-47-39-33-27-21-15-3)62-52-64-116(69-57-105(120)132-77-82-138-111(126)100(11)94-144-88-49-41-35-29-23-17-5)70-58-106(121)133-78-83-139-112(127)101(12)95-145-89-50-42-36-30-24-18-6/h96-101H,13-95H2,1-12H3. The van der Waals surface area contributed by atoms with E-state index in [2.05, 4.69) is 56.2 Å². The highest BCUT2D eigenvalue weighted by Gasteiger charge is 2.25. The third kappa shape index (κ3) is 93.4. The number of nitrogens with zero attached hydrogens (tertiary/aromatic N) is 4. The zero-order valence-corrected chi connectivity index (χ0v) is 98.2. The molecular weight excluding hydrogens is 1960 g/mol. The van der Waals surface area contributed by atoms with E-state index < -0.39 is 29.8 Å². The van der Waals surface area contributed by atoms with Gasteiger partial charge >= 0.3 is 65.7 Å². The van der Waals surface area contributed by atoms with Crippen molar-refractivity contribution in [2.45, 2.75) is 378 Å². The number of unbranched alkanes of at least 4 members (excludes halogenated alkanes) is 31. The van der Waals surface area contributed by atoms with Crippen molar-refractivity contribution in [1.82, 2.24) is 19.6 Å². The van der Waals surface area contributed by atoms with Crippen LogP contribution in [0.25, 0.3) is 0 Å². The van der Waals surface area contributed by atoms with Crippen LogP contribution in [0.4, 0.5) is 0 Å². The zero-order chi connectivity index (χ0) is 107. The Morgan fingerprint density at radius 3 is 0.531 bits per heavy atom. The van der Waals surface area contributed by atoms with Gasteiger partial charge in [0, 0.05) is 80.4 Å². The SMILES string of the molecule is CCCCCCCCSCC(C)C(=O)OCCOCCCN(CCCN(CCCCN(CCCN(CCC(=O)OCCOC(=O)C(C)CSCCCCCCCC)CCC(=O)OCCOC(=O)C(C)CSCCCCCCCC)CCC(=O)OCCOC(=O)C(C)CSCCCCCCCC)CCC(=O)OCCOC(=O)C(C)CSCCCCCCCC)CCC(=O)OCCOC(=O)C(C)CSCCCCCCCC. The first-order valence-corrected chi connectivity index (χ1v) is 64.1. The second-order valence-electron chi connectivity index (χ2n) is 39.1. The van der Waals surface area contributed by atoms with Crippen molar-refractivity contribution in [3.05, 3.63) is 0 Å². The van der Waals surface area contributed by atoms with Gasteiger partial charge in [-0.3, -0.25) is 52.7 Å². The summed E-state index contributed by atoms with van der Waals surface area (Å²) in [6, 6.07) is 0. The highest BCUT2D eigenvalue weighted by atomic mass is 32.2. The molecule has 145 heavy (non-hydrogen) atoms. The summed E-state index contributed by atoms with van der Waals surface area (Å²) in [4.78, 5) is 154. The lowest BCUT2D eigenvalue weighted by Gasteiger charge is -2.27. The van der Waals surface area contributed by atoms with Gasteiger partial charge in [0.15, 0.2) is 0 Å². The smallest absolute Gasteiger partial charge is 0.309 e. The summed E-state index contributed by atoms with van der Waals surface area (Å²) in [6.07, 6.45) is 46.8. The molecule has 0 aliphatic rings. The van der Waals surface area contributed by atoms with E-state index in [-0.39, 0.29) is 196 Å². The summed E-state index contributed by atoms with van der Waals surface area (Å²) in [5, 5.41) is 0. The van der Waals surface area contributed by atoms with Crippen molar-refractivity contribution in [1.29, 1.82) is 0 Å². The van der Waals surface area contributed by atoms with Crippen molar-refractivity contribution in [3.8, 4) is 0 Å². The van der Waals surface area contributed by atoms with Crippen molar-refractivity contribution >= 4 is 136 Å². The second kappa shape index (κ2) is 106. The maximum atomic E-state index is 13.7. The van der Waals surface area contributed by atoms with Gasteiger partial charge < -0.3 is 76.4 Å². The van der Waals surface area contributed by atoms with Crippen LogP contribution in [-0.2, 0) is 110 Å². The van der Waals surface area contributed by atoms with E-state index in [1.807, 2.05) is 46.4 Å². The molecule has 0 amide bonds. The van der Waals surface area contributed by atoms with Gasteiger partial charge in [-0.1, -0.05) is 276 Å². The molecule has 6 atom stereocenters. The van der Waals surface area contributed by atoms with Gasteiger partial charge in [0.25, 0.3) is 0 Å². The zero-order valence-electron chi connectivity index (χ0n) is 93.3. The molecule has 0 radical (unpaired) electrons. The molecule has 0 rings (SSSR count). The molecule has 0 aliphatic heterocycles. The van der Waals surface area contributed by atoms with Crippen LogP contribution in [-0.4, -0.2) is 319 Å². The van der Waals surface area contributed by atoms with Gasteiger partial charge in [-0.05, 0) is 144 Å². The van der Waals surface area contributed by atoms with E-state index >= 15 is 0 Å². The summed E-state index contributed by atoms with van der Waals surface area (Å²) in [7, 11) is 0. The lowest BCUT2D eigenvalue weighted by atomic mass is 10.1. The summed E-state index contributed by atoms with van der Waals surface area (Å²) in [6.45, 7) is 29.7. The maximum absolute atomic E-state index is 13.7. The molecule has 27 nitrogen and oxygen atoms in total. The predicted molar refractivity (Wildman–Crippen MR) is 602 cm³/mol. The van der Waals surface area contributed by atoms with E-state index in [0.29, 0.717) is 139 Å². The highest BCUT2D eigenvalue weighted by molar-refractivity contribution is 8.00. The summed E-state index contributed by atoms with van der Waals surface area (Å²) in [5.41, 5.74) is 0. The summed E-state index contributed by atoms with van der Waals surface area (Å²) < 4.78 is 67.6. The lowest BCUT2D eigenvalue weighted by molar-refractivity contribution is -0.154. The molecule has 0 bridgehead atoms. The van der Waals surface area contributed by atoms with E-state index in [1.54, 1.807) is 70.6 Å². The minimum atomic E-state index is -0.499. The van der Waals surface area contributed by atoms with E-state index in [1.165, 1.54) is 193 Å². The largest absolute Gasteiger partial charge is 0.463 e. The van der Waals surface area contributed by atoms with Crippen molar-refractivity contribution in [2.75, 3.05) is 233 Å². The minimum absolute atomic E-state index is 0.0231. The molecule has 0 aliphatic carbocycles. The third-order valence-electron chi connectivity index (χ3n) is 24.9. The Hall–Kier alpha value is -3.93. The number of hydrogen-bond acceptors (Lipinski definition) is 33. The van der Waals surface area contributed by atoms with Crippen LogP contribution in [0.5, 0.6) is 0 Å². The van der Waals surface area contributed by atoms with Crippen LogP contribution in [0.15, 0.2) is 0 Å². The van der Waals surface area contributed by atoms with Crippen LogP contribution in [0.3, 0.4) is 0 Å². The summed E-state index contributed by atoms with van der Waals surface area (Å²) >= 11 is 10.6. The number of thioether (sulfide) groups is 6. The summed E-state index contributed by atoms with van der Waals surface area (Å²) in [5.74, 6) is 3.95. The molecule has 6 unspecified atom stereocenters. The van der Waals surface area contributed by atoms with Crippen LogP contribution >= 0.6 is 70.6 Å². The molecule has 0 aromatic rings. The van der Waals surface area contributed by atoms with E-state index in [9.17, 15) is 52.7 Å². The van der Waals surface area contributed by atoms with Crippen molar-refractivity contribution in [3.63, 3.8) is 0 Å². The van der Waals surface area contributed by atoms with Gasteiger partial charge in [0.1, 0.15) is 72.7 Å². The van der Waals surface area contributed by atoms with E-state index in [0.717, 1.165) is 73.0 Å². The first kappa shape index (κ1) is 141. The van der Waals surface area contributed by atoms with E-state index in [4.69, 9.17) is 56.8 Å². The number of rotatable bonds is 110.